The molecule has 0 spiro atoms. The molecule has 11 heteroatoms. The first kappa shape index (κ1) is 22.4. The number of aromatic nitrogens is 4. The van der Waals surface area contributed by atoms with Crippen molar-refractivity contribution in [1.82, 2.24) is 25.4 Å². The molecule has 3 heterocycles. The number of allylic oxidation sites excluding steroid dienone is 2. The predicted octanol–water partition coefficient (Wildman–Crippen LogP) is 3.05. The van der Waals surface area contributed by atoms with E-state index in [1.165, 1.54) is 18.0 Å². The maximum absolute atomic E-state index is 13.4. The van der Waals surface area contributed by atoms with Crippen LogP contribution in [-0.4, -0.2) is 51.6 Å². The monoisotopic (exact) mass is 469 g/mol. The zero-order chi connectivity index (χ0) is 23.7. The van der Waals surface area contributed by atoms with Gasteiger partial charge in [-0.25, -0.2) is 0 Å². The molecule has 1 aliphatic heterocycles. The third-order valence-corrected chi connectivity index (χ3v) is 5.24. The zero-order valence-corrected chi connectivity index (χ0v) is 19.4. The molecule has 3 N–H and O–H groups in total. The van der Waals surface area contributed by atoms with Crippen molar-refractivity contribution < 1.29 is 14.3 Å². The van der Waals surface area contributed by atoms with Crippen molar-refractivity contribution >= 4 is 40.0 Å². The number of amides is 2. The van der Waals surface area contributed by atoms with Crippen LogP contribution in [0.3, 0.4) is 0 Å². The van der Waals surface area contributed by atoms with Crippen LogP contribution in [0.5, 0.6) is 5.88 Å². The summed E-state index contributed by atoms with van der Waals surface area (Å²) < 4.78 is 5.24. The van der Waals surface area contributed by atoms with Crippen LogP contribution in [0, 0.1) is 6.92 Å². The van der Waals surface area contributed by atoms with Gasteiger partial charge >= 0.3 is 0 Å². The number of methoxy groups -OCH3 is 1. The molecule has 1 aliphatic rings. The van der Waals surface area contributed by atoms with Crippen LogP contribution in [0.2, 0.25) is 0 Å². The van der Waals surface area contributed by atoms with Crippen LogP contribution in [0.25, 0.3) is 10.9 Å². The molecular formula is C22H24ClN7O3. The van der Waals surface area contributed by atoms with Crippen molar-refractivity contribution in [3.05, 3.63) is 58.5 Å². The molecule has 0 atom stereocenters. The Labute approximate surface area is 195 Å². The molecule has 10 nitrogen and oxygen atoms in total. The Kier molecular flexibility index (Phi) is 6.10. The number of aryl methyl sites for hydroxylation is 1. The molecule has 0 saturated heterocycles. The Bertz CT molecular complexity index is 1290. The maximum atomic E-state index is 13.4. The SMILES string of the molecule is COc1cc(C(=O)Nc2c(C)cc3cn[nH]c3c2C(=O)NC(C)C)n(N2C=C(Cl)C=CC2)n1. The van der Waals surface area contributed by atoms with Crippen molar-refractivity contribution in [1.29, 1.82) is 0 Å². The number of nitrogens with one attached hydrogen (secondary N) is 3. The average Bonchev–Trinajstić information content (AvgIpc) is 3.40. The predicted molar refractivity (Wildman–Crippen MR) is 126 cm³/mol. The Morgan fingerprint density at radius 3 is 2.76 bits per heavy atom. The summed E-state index contributed by atoms with van der Waals surface area (Å²) in [6, 6.07) is 3.29. The normalized spacial score (nSPS) is 13.4. The van der Waals surface area contributed by atoms with Gasteiger partial charge in [-0.05, 0) is 38.5 Å². The summed E-state index contributed by atoms with van der Waals surface area (Å²) in [4.78, 5) is 27.9. The number of ether oxygens (including phenoxy) is 1. The number of benzene rings is 1. The summed E-state index contributed by atoms with van der Waals surface area (Å²) in [5.74, 6) is -0.525. The average molecular weight is 470 g/mol. The van der Waals surface area contributed by atoms with Crippen LogP contribution in [0.4, 0.5) is 5.69 Å². The van der Waals surface area contributed by atoms with Crippen molar-refractivity contribution in [2.75, 3.05) is 24.0 Å². The van der Waals surface area contributed by atoms with Crippen molar-refractivity contribution in [2.45, 2.75) is 26.8 Å². The second-order valence-electron chi connectivity index (χ2n) is 7.86. The highest BCUT2D eigenvalue weighted by molar-refractivity contribution is 6.31. The number of anilines is 1. The van der Waals surface area contributed by atoms with E-state index in [-0.39, 0.29) is 23.5 Å². The fraction of sp³-hybridized carbons (Fsp3) is 0.273. The molecule has 0 saturated carbocycles. The first-order valence-corrected chi connectivity index (χ1v) is 10.7. The highest BCUT2D eigenvalue weighted by Crippen LogP contribution is 2.30. The van der Waals surface area contributed by atoms with Gasteiger partial charge in [-0.2, -0.15) is 9.89 Å². The smallest absolute Gasteiger partial charge is 0.276 e. The molecule has 172 valence electrons. The minimum absolute atomic E-state index is 0.0890. The van der Waals surface area contributed by atoms with Gasteiger partial charge in [0, 0.05) is 23.7 Å². The Balaban J connectivity index is 1.76. The summed E-state index contributed by atoms with van der Waals surface area (Å²) in [6.07, 6.45) is 6.91. The van der Waals surface area contributed by atoms with Crippen LogP contribution in [0.1, 0.15) is 40.3 Å². The van der Waals surface area contributed by atoms with Gasteiger partial charge in [-0.1, -0.05) is 17.7 Å². The molecular weight excluding hydrogens is 446 g/mol. The van der Waals surface area contributed by atoms with Gasteiger partial charge in [0.2, 0.25) is 5.88 Å². The Hall–Kier alpha value is -3.79. The number of carbonyl (C=O) groups is 2. The highest BCUT2D eigenvalue weighted by Gasteiger charge is 2.25. The third kappa shape index (κ3) is 4.42. The minimum Gasteiger partial charge on any atom is -0.480 e. The number of carbonyl (C=O) groups excluding carboxylic acids is 2. The van der Waals surface area contributed by atoms with E-state index < -0.39 is 5.91 Å². The molecule has 0 fully saturated rings. The van der Waals surface area contributed by atoms with Gasteiger partial charge in [0.05, 0.1) is 41.7 Å². The van der Waals surface area contributed by atoms with E-state index >= 15 is 0 Å². The van der Waals surface area contributed by atoms with E-state index in [2.05, 4.69) is 25.9 Å². The zero-order valence-electron chi connectivity index (χ0n) is 18.6. The summed E-state index contributed by atoms with van der Waals surface area (Å²) in [5, 5.41) is 20.0. The molecule has 33 heavy (non-hydrogen) atoms. The van der Waals surface area contributed by atoms with E-state index in [9.17, 15) is 9.59 Å². The molecule has 0 unspecified atom stereocenters. The Morgan fingerprint density at radius 2 is 2.06 bits per heavy atom. The lowest BCUT2D eigenvalue weighted by molar-refractivity contribution is 0.0945. The minimum atomic E-state index is -0.467. The molecule has 2 amide bonds. The quantitative estimate of drug-likeness (QED) is 0.510. The highest BCUT2D eigenvalue weighted by atomic mass is 35.5. The lowest BCUT2D eigenvalue weighted by Crippen LogP contribution is -2.36. The van der Waals surface area contributed by atoms with Crippen LogP contribution in [-0.2, 0) is 0 Å². The van der Waals surface area contributed by atoms with Crippen molar-refractivity contribution in [3.8, 4) is 5.88 Å². The van der Waals surface area contributed by atoms with Gasteiger partial charge < -0.3 is 15.4 Å². The van der Waals surface area contributed by atoms with Gasteiger partial charge in [0.15, 0.2) is 5.69 Å². The Morgan fingerprint density at radius 1 is 1.27 bits per heavy atom. The molecule has 1 aromatic carbocycles. The molecule has 0 radical (unpaired) electrons. The molecule has 2 aromatic heterocycles. The first-order chi connectivity index (χ1) is 15.8. The van der Waals surface area contributed by atoms with E-state index in [1.54, 1.807) is 23.5 Å². The summed E-state index contributed by atoms with van der Waals surface area (Å²) >= 11 is 6.13. The molecule has 3 aromatic rings. The number of fused-ring (bicyclic) bond motifs is 1. The number of rotatable bonds is 6. The van der Waals surface area contributed by atoms with Gasteiger partial charge in [-0.15, -0.1) is 5.10 Å². The molecule has 0 bridgehead atoms. The number of nitrogens with zero attached hydrogens (tertiary/aromatic N) is 4. The molecule has 0 aliphatic carbocycles. The fourth-order valence-electron chi connectivity index (χ4n) is 3.58. The summed E-state index contributed by atoms with van der Waals surface area (Å²) in [6.45, 7) is 6.02. The lowest BCUT2D eigenvalue weighted by atomic mass is 10.0. The van der Waals surface area contributed by atoms with E-state index in [1.807, 2.05) is 32.9 Å². The topological polar surface area (TPSA) is 117 Å². The number of hydrogen-bond donors (Lipinski definition) is 3. The number of aromatic amines is 1. The standard InChI is InChI=1S/C22H24ClN7O3/c1-12(2)25-22(32)18-19(13(3)8-14-10-24-27-20(14)18)26-21(31)16-9-17(33-4)28-30(16)29-7-5-6-15(23)11-29/h5-6,8-12H,7H2,1-4H3,(H,24,27)(H,25,32)(H,26,31). The number of halogens is 1. The maximum Gasteiger partial charge on any atom is 0.276 e. The lowest BCUT2D eigenvalue weighted by Gasteiger charge is -2.23. The largest absolute Gasteiger partial charge is 0.480 e. The molecule has 4 rings (SSSR count). The third-order valence-electron chi connectivity index (χ3n) is 5.02. The van der Waals surface area contributed by atoms with Crippen LogP contribution in [0.15, 0.2) is 41.7 Å². The first-order valence-electron chi connectivity index (χ1n) is 10.3. The van der Waals surface area contributed by atoms with Crippen LogP contribution < -0.4 is 20.4 Å². The fourth-order valence-corrected chi connectivity index (χ4v) is 3.78. The second kappa shape index (κ2) is 8.99. The summed E-state index contributed by atoms with van der Waals surface area (Å²) in [7, 11) is 1.47. The van der Waals surface area contributed by atoms with E-state index in [0.29, 0.717) is 33.9 Å². The van der Waals surface area contributed by atoms with Crippen molar-refractivity contribution in [2.24, 2.45) is 0 Å². The van der Waals surface area contributed by atoms with E-state index in [4.69, 9.17) is 16.3 Å². The van der Waals surface area contributed by atoms with Gasteiger partial charge in [-0.3, -0.25) is 19.7 Å². The second-order valence-corrected chi connectivity index (χ2v) is 8.30. The number of H-pyrrole nitrogens is 1. The van der Waals surface area contributed by atoms with Gasteiger partial charge in [0.1, 0.15) is 0 Å². The van der Waals surface area contributed by atoms with E-state index in [0.717, 1.165) is 5.39 Å². The number of hydrogen-bond acceptors (Lipinski definition) is 6. The van der Waals surface area contributed by atoms with Gasteiger partial charge in [0.25, 0.3) is 11.8 Å². The summed E-state index contributed by atoms with van der Waals surface area (Å²) in [5.41, 5.74) is 2.16. The van der Waals surface area contributed by atoms with Crippen LogP contribution >= 0.6 is 11.6 Å². The van der Waals surface area contributed by atoms with Crippen molar-refractivity contribution in [3.63, 3.8) is 0 Å².